The summed E-state index contributed by atoms with van der Waals surface area (Å²) in [6.07, 6.45) is 0. The van der Waals surface area contributed by atoms with Crippen LogP contribution in [0, 0.1) is 13.8 Å². The van der Waals surface area contributed by atoms with E-state index in [0.717, 1.165) is 22.2 Å². The Hall–Kier alpha value is -2.02. The Morgan fingerprint density at radius 2 is 1.93 bits per heavy atom. The number of alkyl halides is 1. The van der Waals surface area contributed by atoms with Gasteiger partial charge in [-0.3, -0.25) is 9.36 Å². The number of halogens is 2. The number of carbonyl (C=O) groups is 1. The van der Waals surface area contributed by atoms with Gasteiger partial charge >= 0.3 is 0 Å². The van der Waals surface area contributed by atoms with Crippen molar-refractivity contribution in [1.29, 1.82) is 0 Å². The summed E-state index contributed by atoms with van der Waals surface area (Å²) in [6.45, 7) is 5.95. The van der Waals surface area contributed by atoms with Gasteiger partial charge in [-0.05, 0) is 49.6 Å². The van der Waals surface area contributed by atoms with Gasteiger partial charge in [0, 0.05) is 10.8 Å². The van der Waals surface area contributed by atoms with Crippen LogP contribution in [-0.2, 0) is 17.1 Å². The molecule has 0 saturated carbocycles. The second-order valence-electron chi connectivity index (χ2n) is 6.71. The lowest BCUT2D eigenvalue weighted by atomic mass is 10.1. The highest BCUT2D eigenvalue weighted by Crippen LogP contribution is 2.29. The second-order valence-corrected chi connectivity index (χ2v) is 8.75. The first-order chi connectivity index (χ1) is 13.9. The Balaban J connectivity index is 1.94. The van der Waals surface area contributed by atoms with Gasteiger partial charge in [-0.25, -0.2) is 0 Å². The third kappa shape index (κ3) is 5.32. The number of amides is 1. The number of aryl methyl sites for hydroxylation is 2. The number of nitrogens with one attached hydrogen (secondary N) is 1. The Morgan fingerprint density at radius 3 is 2.66 bits per heavy atom. The summed E-state index contributed by atoms with van der Waals surface area (Å²) in [5.74, 6) is 1.13. The van der Waals surface area contributed by atoms with Crippen LogP contribution in [0.2, 0.25) is 5.02 Å². The second kappa shape index (κ2) is 9.65. The summed E-state index contributed by atoms with van der Waals surface area (Å²) in [7, 11) is 0. The molecule has 1 N–H and O–H groups in total. The summed E-state index contributed by atoms with van der Waals surface area (Å²) < 4.78 is 1.95. The number of nitrogens with zero attached hydrogens (tertiary/aromatic N) is 3. The number of carbonyl (C=O) groups excluding carboxylic acids is 1. The highest BCUT2D eigenvalue weighted by Gasteiger charge is 2.18. The monoisotopic (exact) mass is 448 g/mol. The first kappa shape index (κ1) is 21.7. The Labute approximate surface area is 184 Å². The molecule has 1 heterocycles. The van der Waals surface area contributed by atoms with Crippen LogP contribution in [0.25, 0.3) is 5.69 Å². The molecular weight excluding hydrogens is 427 g/mol. The molecule has 0 spiro atoms. The number of rotatable bonds is 7. The van der Waals surface area contributed by atoms with Crippen molar-refractivity contribution in [2.45, 2.75) is 43.6 Å². The molecule has 0 bridgehead atoms. The fourth-order valence-electron chi connectivity index (χ4n) is 2.79. The molecule has 2 aromatic carbocycles. The molecule has 1 aromatic heterocycles. The molecule has 0 aliphatic carbocycles. The smallest absolute Gasteiger partial charge is 0.238 e. The third-order valence-corrected chi connectivity index (χ3v) is 5.92. The van der Waals surface area contributed by atoms with E-state index in [1.54, 1.807) is 18.7 Å². The molecule has 0 radical (unpaired) electrons. The Morgan fingerprint density at radius 1 is 1.17 bits per heavy atom. The minimum absolute atomic E-state index is 0.222. The quantitative estimate of drug-likeness (QED) is 0.404. The van der Waals surface area contributed by atoms with Crippen molar-refractivity contribution in [2.75, 3.05) is 0 Å². The summed E-state index contributed by atoms with van der Waals surface area (Å²) >= 11 is 13.7. The Bertz CT molecular complexity index is 1020. The van der Waals surface area contributed by atoms with E-state index in [0.29, 0.717) is 10.8 Å². The SMILES string of the molecule is Cc1ccccc1CSc1nnc(CNC(=O)C(C)Cl)n1-c1cc(Cl)ccc1C. The number of benzene rings is 2. The van der Waals surface area contributed by atoms with E-state index in [4.69, 9.17) is 23.2 Å². The maximum atomic E-state index is 11.9. The molecule has 0 aliphatic heterocycles. The average Bonchev–Trinajstić information content (AvgIpc) is 3.09. The van der Waals surface area contributed by atoms with Crippen molar-refractivity contribution < 1.29 is 4.79 Å². The lowest BCUT2D eigenvalue weighted by Crippen LogP contribution is -2.30. The van der Waals surface area contributed by atoms with Crippen molar-refractivity contribution in [3.05, 3.63) is 70.0 Å². The van der Waals surface area contributed by atoms with E-state index >= 15 is 0 Å². The summed E-state index contributed by atoms with van der Waals surface area (Å²) in [5.41, 5.74) is 4.39. The molecule has 1 unspecified atom stereocenters. The van der Waals surface area contributed by atoms with Gasteiger partial charge in [0.1, 0.15) is 5.38 Å². The van der Waals surface area contributed by atoms with Crippen molar-refractivity contribution in [3.63, 3.8) is 0 Å². The molecule has 3 rings (SSSR count). The molecule has 5 nitrogen and oxygen atoms in total. The van der Waals surface area contributed by atoms with Gasteiger partial charge in [-0.2, -0.15) is 0 Å². The van der Waals surface area contributed by atoms with Crippen molar-refractivity contribution in [1.82, 2.24) is 20.1 Å². The van der Waals surface area contributed by atoms with Crippen LogP contribution in [0.3, 0.4) is 0 Å². The molecule has 3 aromatic rings. The van der Waals surface area contributed by atoms with Gasteiger partial charge in [0.2, 0.25) is 5.91 Å². The largest absolute Gasteiger partial charge is 0.348 e. The normalized spacial score (nSPS) is 12.0. The highest BCUT2D eigenvalue weighted by atomic mass is 35.5. The van der Waals surface area contributed by atoms with Crippen molar-refractivity contribution in [3.8, 4) is 5.69 Å². The number of hydrogen-bond acceptors (Lipinski definition) is 4. The number of aromatic nitrogens is 3. The number of hydrogen-bond donors (Lipinski definition) is 1. The van der Waals surface area contributed by atoms with E-state index in [1.165, 1.54) is 11.1 Å². The third-order valence-electron chi connectivity index (χ3n) is 4.51. The molecule has 29 heavy (non-hydrogen) atoms. The Kier molecular flexibility index (Phi) is 7.22. The predicted octanol–water partition coefficient (Wildman–Crippen LogP) is 5.07. The standard InChI is InChI=1S/C21H22Cl2N4OS/c1-13-6-4-5-7-16(13)12-29-21-26-25-19(11-24-20(28)15(3)22)27(21)18-10-17(23)9-8-14(18)2/h4-10,15H,11-12H2,1-3H3,(H,24,28). The lowest BCUT2D eigenvalue weighted by Gasteiger charge is -2.14. The fourth-order valence-corrected chi connectivity index (χ4v) is 4.08. The maximum absolute atomic E-state index is 11.9. The molecule has 0 saturated heterocycles. The van der Waals surface area contributed by atoms with E-state index < -0.39 is 5.38 Å². The zero-order chi connectivity index (χ0) is 21.0. The topological polar surface area (TPSA) is 59.8 Å². The van der Waals surface area contributed by atoms with Gasteiger partial charge in [-0.1, -0.05) is 53.7 Å². The molecule has 1 amide bonds. The summed E-state index contributed by atoms with van der Waals surface area (Å²) in [5, 5.41) is 12.2. The lowest BCUT2D eigenvalue weighted by molar-refractivity contribution is -0.120. The predicted molar refractivity (Wildman–Crippen MR) is 119 cm³/mol. The van der Waals surface area contributed by atoms with Crippen molar-refractivity contribution in [2.24, 2.45) is 0 Å². The summed E-state index contributed by atoms with van der Waals surface area (Å²) in [4.78, 5) is 11.9. The van der Waals surface area contributed by atoms with Crippen LogP contribution >= 0.6 is 35.0 Å². The zero-order valence-electron chi connectivity index (χ0n) is 16.4. The van der Waals surface area contributed by atoms with E-state index in [9.17, 15) is 4.79 Å². The minimum atomic E-state index is -0.617. The molecule has 152 valence electrons. The van der Waals surface area contributed by atoms with E-state index in [-0.39, 0.29) is 12.5 Å². The van der Waals surface area contributed by atoms with Crippen molar-refractivity contribution >= 4 is 40.9 Å². The molecule has 8 heteroatoms. The van der Waals surface area contributed by atoms with Crippen LogP contribution in [0.15, 0.2) is 47.6 Å². The zero-order valence-corrected chi connectivity index (χ0v) is 18.8. The van der Waals surface area contributed by atoms with Crippen LogP contribution < -0.4 is 5.32 Å². The fraction of sp³-hybridized carbons (Fsp3) is 0.286. The molecular formula is C21H22Cl2N4OS. The van der Waals surface area contributed by atoms with Crippen LogP contribution in [0.4, 0.5) is 0 Å². The van der Waals surface area contributed by atoms with E-state index in [2.05, 4.69) is 34.6 Å². The first-order valence-electron chi connectivity index (χ1n) is 9.16. The molecule has 0 aliphatic rings. The van der Waals surface area contributed by atoms with Crippen LogP contribution in [0.1, 0.15) is 29.4 Å². The average molecular weight is 449 g/mol. The van der Waals surface area contributed by atoms with Gasteiger partial charge in [0.15, 0.2) is 11.0 Å². The van der Waals surface area contributed by atoms with Gasteiger partial charge in [0.05, 0.1) is 12.2 Å². The highest BCUT2D eigenvalue weighted by molar-refractivity contribution is 7.98. The van der Waals surface area contributed by atoms with E-state index in [1.807, 2.05) is 41.8 Å². The van der Waals surface area contributed by atoms with Gasteiger partial charge in [-0.15, -0.1) is 21.8 Å². The molecule has 1 atom stereocenters. The van der Waals surface area contributed by atoms with Crippen LogP contribution in [-0.4, -0.2) is 26.0 Å². The van der Waals surface area contributed by atoms with Gasteiger partial charge < -0.3 is 5.32 Å². The van der Waals surface area contributed by atoms with Gasteiger partial charge in [0.25, 0.3) is 0 Å². The first-order valence-corrected chi connectivity index (χ1v) is 11.0. The minimum Gasteiger partial charge on any atom is -0.348 e. The maximum Gasteiger partial charge on any atom is 0.238 e. The number of thioether (sulfide) groups is 1. The molecule has 0 fully saturated rings. The summed E-state index contributed by atoms with van der Waals surface area (Å²) in [6, 6.07) is 13.9. The van der Waals surface area contributed by atoms with Crippen LogP contribution in [0.5, 0.6) is 0 Å².